The van der Waals surface area contributed by atoms with Crippen LogP contribution in [0.5, 0.6) is 0 Å². The Kier molecular flexibility index (Phi) is 2.36. The van der Waals surface area contributed by atoms with Crippen LogP contribution >= 0.6 is 0 Å². The van der Waals surface area contributed by atoms with Crippen LogP contribution in [0.4, 0.5) is 5.82 Å². The summed E-state index contributed by atoms with van der Waals surface area (Å²) in [7, 11) is 0. The zero-order valence-corrected chi connectivity index (χ0v) is 8.25. The number of terminal acetylenes is 1. The van der Waals surface area contributed by atoms with E-state index in [1.807, 2.05) is 6.92 Å². The monoisotopic (exact) mass is 187 g/mol. The molecule has 0 radical (unpaired) electrons. The van der Waals surface area contributed by atoms with Gasteiger partial charge in [-0.2, -0.15) is 5.10 Å². The van der Waals surface area contributed by atoms with Crippen LogP contribution in [0.1, 0.15) is 24.6 Å². The van der Waals surface area contributed by atoms with Crippen molar-refractivity contribution in [3.8, 4) is 12.3 Å². The molecule has 0 saturated heterocycles. The van der Waals surface area contributed by atoms with E-state index >= 15 is 0 Å². The van der Waals surface area contributed by atoms with Crippen molar-refractivity contribution < 1.29 is 0 Å². The average Bonchev–Trinajstić information content (AvgIpc) is 2.64. The van der Waals surface area contributed by atoms with Gasteiger partial charge in [-0.25, -0.2) is 0 Å². The van der Waals surface area contributed by atoms with Crippen LogP contribution in [0.2, 0.25) is 0 Å². The molecule has 0 aromatic carbocycles. The van der Waals surface area contributed by atoms with E-state index in [1.54, 1.807) is 0 Å². The summed E-state index contributed by atoms with van der Waals surface area (Å²) >= 11 is 0. The van der Waals surface area contributed by atoms with Crippen molar-refractivity contribution in [2.75, 3.05) is 5.32 Å². The predicted octanol–water partition coefficient (Wildman–Crippen LogP) is 1.40. The Hall–Kier alpha value is -1.56. The molecule has 14 heavy (non-hydrogen) atoms. The number of hydrogen-bond acceptors (Lipinski definition) is 3. The van der Waals surface area contributed by atoms with Gasteiger partial charge in [-0.3, -0.25) is 0 Å². The first-order chi connectivity index (χ1) is 6.79. The van der Waals surface area contributed by atoms with Gasteiger partial charge in [0.25, 0.3) is 0 Å². The highest BCUT2D eigenvalue weighted by Gasteiger charge is 2.13. The van der Waals surface area contributed by atoms with Gasteiger partial charge < -0.3 is 5.32 Å². The summed E-state index contributed by atoms with van der Waals surface area (Å²) < 4.78 is 0. The summed E-state index contributed by atoms with van der Waals surface area (Å²) in [6.07, 6.45) is 8.64. The number of aryl methyl sites for hydroxylation is 2. The second-order valence-electron chi connectivity index (χ2n) is 3.59. The molecule has 1 aliphatic carbocycles. The summed E-state index contributed by atoms with van der Waals surface area (Å²) in [5, 5.41) is 11.4. The summed E-state index contributed by atoms with van der Waals surface area (Å²) in [5.74, 6) is 3.39. The van der Waals surface area contributed by atoms with Crippen molar-refractivity contribution in [1.29, 1.82) is 0 Å². The first-order valence-corrected chi connectivity index (χ1v) is 4.88. The molecule has 3 nitrogen and oxygen atoms in total. The molecule has 0 bridgehead atoms. The Morgan fingerprint density at radius 1 is 1.50 bits per heavy atom. The Labute approximate surface area is 83.9 Å². The van der Waals surface area contributed by atoms with E-state index in [4.69, 9.17) is 6.42 Å². The van der Waals surface area contributed by atoms with Crippen LogP contribution in [0.15, 0.2) is 6.07 Å². The van der Waals surface area contributed by atoms with Crippen LogP contribution in [-0.4, -0.2) is 16.2 Å². The van der Waals surface area contributed by atoms with E-state index in [1.165, 1.54) is 12.0 Å². The largest absolute Gasteiger partial charge is 0.355 e. The summed E-state index contributed by atoms with van der Waals surface area (Å²) in [4.78, 5) is 0. The van der Waals surface area contributed by atoms with E-state index in [9.17, 15) is 0 Å². The normalized spacial score (nSPS) is 15.7. The molecule has 3 heteroatoms. The molecule has 0 amide bonds. The van der Waals surface area contributed by atoms with Crippen molar-refractivity contribution in [2.24, 2.45) is 0 Å². The van der Waals surface area contributed by atoms with Crippen molar-refractivity contribution in [1.82, 2.24) is 10.2 Å². The topological polar surface area (TPSA) is 37.8 Å². The zero-order chi connectivity index (χ0) is 9.97. The smallest absolute Gasteiger partial charge is 0.149 e. The fourth-order valence-corrected chi connectivity index (χ4v) is 1.66. The Bertz CT molecular complexity index is 379. The van der Waals surface area contributed by atoms with Gasteiger partial charge in [-0.1, -0.05) is 5.92 Å². The molecule has 1 unspecified atom stereocenters. The van der Waals surface area contributed by atoms with Gasteiger partial charge in [0.2, 0.25) is 0 Å². The van der Waals surface area contributed by atoms with Crippen molar-refractivity contribution in [3.63, 3.8) is 0 Å². The van der Waals surface area contributed by atoms with E-state index in [0.717, 1.165) is 24.4 Å². The molecule has 1 N–H and O–H groups in total. The summed E-state index contributed by atoms with van der Waals surface area (Å²) in [6, 6.07) is 2.06. The molecule has 72 valence electrons. The number of nitrogens with zero attached hydrogens (tertiary/aromatic N) is 2. The van der Waals surface area contributed by atoms with Crippen LogP contribution < -0.4 is 5.32 Å². The second-order valence-corrected chi connectivity index (χ2v) is 3.59. The highest BCUT2D eigenvalue weighted by molar-refractivity contribution is 5.41. The number of aromatic nitrogens is 2. The minimum absolute atomic E-state index is 0.00348. The van der Waals surface area contributed by atoms with Crippen molar-refractivity contribution in [2.45, 2.75) is 32.2 Å². The van der Waals surface area contributed by atoms with Crippen LogP contribution in [0.3, 0.4) is 0 Å². The molecular weight excluding hydrogens is 174 g/mol. The van der Waals surface area contributed by atoms with E-state index in [0.29, 0.717) is 0 Å². The van der Waals surface area contributed by atoms with Crippen LogP contribution in [-0.2, 0) is 12.8 Å². The van der Waals surface area contributed by atoms with Crippen molar-refractivity contribution in [3.05, 3.63) is 17.3 Å². The third kappa shape index (κ3) is 1.69. The molecule has 0 aliphatic heterocycles. The maximum atomic E-state index is 5.27. The third-order valence-electron chi connectivity index (χ3n) is 2.43. The minimum Gasteiger partial charge on any atom is -0.355 e. The Morgan fingerprint density at radius 2 is 2.36 bits per heavy atom. The molecule has 0 saturated carbocycles. The second kappa shape index (κ2) is 3.67. The van der Waals surface area contributed by atoms with Crippen LogP contribution in [0.25, 0.3) is 0 Å². The fourth-order valence-electron chi connectivity index (χ4n) is 1.66. The van der Waals surface area contributed by atoms with E-state index < -0.39 is 0 Å². The molecule has 0 spiro atoms. The molecule has 1 atom stereocenters. The first kappa shape index (κ1) is 9.01. The maximum absolute atomic E-state index is 5.27. The Morgan fingerprint density at radius 3 is 3.14 bits per heavy atom. The van der Waals surface area contributed by atoms with Crippen LogP contribution in [0, 0.1) is 12.3 Å². The fraction of sp³-hybridized carbons (Fsp3) is 0.455. The number of hydrogen-bond donors (Lipinski definition) is 1. The number of rotatable bonds is 2. The van der Waals surface area contributed by atoms with Crippen molar-refractivity contribution >= 4 is 5.82 Å². The van der Waals surface area contributed by atoms with Gasteiger partial charge in [0.1, 0.15) is 5.82 Å². The summed E-state index contributed by atoms with van der Waals surface area (Å²) in [6.45, 7) is 1.93. The minimum atomic E-state index is 0.00348. The SMILES string of the molecule is C#CC(C)Nc1cc2c(nn1)CCC2. The highest BCUT2D eigenvalue weighted by atomic mass is 15.2. The lowest BCUT2D eigenvalue weighted by molar-refractivity contribution is 0.875. The average molecular weight is 187 g/mol. The van der Waals surface area contributed by atoms with E-state index in [-0.39, 0.29) is 6.04 Å². The first-order valence-electron chi connectivity index (χ1n) is 4.88. The molecule has 1 aliphatic rings. The van der Waals surface area contributed by atoms with Gasteiger partial charge in [0.05, 0.1) is 11.7 Å². The molecule has 1 aromatic heterocycles. The maximum Gasteiger partial charge on any atom is 0.149 e. The number of anilines is 1. The molecule has 0 fully saturated rings. The van der Waals surface area contributed by atoms with Gasteiger partial charge in [-0.05, 0) is 37.8 Å². The molecule has 2 rings (SSSR count). The molecule has 1 aromatic rings. The molecular formula is C11H13N3. The lowest BCUT2D eigenvalue weighted by Gasteiger charge is -2.08. The highest BCUT2D eigenvalue weighted by Crippen LogP contribution is 2.20. The van der Waals surface area contributed by atoms with Gasteiger partial charge >= 0.3 is 0 Å². The summed E-state index contributed by atoms with van der Waals surface area (Å²) in [5.41, 5.74) is 2.45. The standard InChI is InChI=1S/C11H13N3/c1-3-8(2)12-11-7-9-5-4-6-10(9)13-14-11/h1,7-8H,4-6H2,2H3,(H,12,14). The van der Waals surface area contributed by atoms with E-state index in [2.05, 4.69) is 27.5 Å². The Balaban J connectivity index is 2.17. The quantitative estimate of drug-likeness (QED) is 0.711. The lowest BCUT2D eigenvalue weighted by Crippen LogP contribution is -2.14. The van der Waals surface area contributed by atoms with Gasteiger partial charge in [-0.15, -0.1) is 11.5 Å². The van der Waals surface area contributed by atoms with Gasteiger partial charge in [0, 0.05) is 0 Å². The molecule has 1 heterocycles. The zero-order valence-electron chi connectivity index (χ0n) is 8.25. The van der Waals surface area contributed by atoms with Gasteiger partial charge in [0.15, 0.2) is 0 Å². The lowest BCUT2D eigenvalue weighted by atomic mass is 10.2. The third-order valence-corrected chi connectivity index (χ3v) is 2.43. The number of fused-ring (bicyclic) bond motifs is 1. The number of nitrogens with one attached hydrogen (secondary N) is 1. The predicted molar refractivity (Wildman–Crippen MR) is 56.0 cm³/mol.